The molecule has 0 spiro atoms. The molecule has 0 N–H and O–H groups in total. The third kappa shape index (κ3) is 2.93. The molecule has 0 amide bonds. The van der Waals surface area contributed by atoms with Crippen molar-refractivity contribution in [1.29, 1.82) is 0 Å². The lowest BCUT2D eigenvalue weighted by molar-refractivity contribution is -0.276. The molecular weight excluding hydrogens is 324 g/mol. The van der Waals surface area contributed by atoms with E-state index in [0.29, 0.717) is 6.07 Å². The van der Waals surface area contributed by atoms with Crippen LogP contribution >= 0.6 is 22.6 Å². The van der Waals surface area contributed by atoms with E-state index in [1.165, 1.54) is 22.6 Å². The second-order valence-corrected chi connectivity index (χ2v) is 3.17. The van der Waals surface area contributed by atoms with Gasteiger partial charge in [0.15, 0.2) is 0 Å². The summed E-state index contributed by atoms with van der Waals surface area (Å²) < 4.78 is 62.8. The van der Waals surface area contributed by atoms with Crippen molar-refractivity contribution < 1.29 is 26.7 Å². The second kappa shape index (κ2) is 3.83. The minimum atomic E-state index is -5.02. The standard InChI is InChI=1S/C6HF5INO/c7-2-1-3(14-6(9,10)11)13-5(8)4(2)12/h1H. The van der Waals surface area contributed by atoms with Crippen molar-refractivity contribution in [3.63, 3.8) is 0 Å². The Kier molecular flexibility index (Phi) is 3.12. The zero-order valence-corrected chi connectivity index (χ0v) is 8.36. The van der Waals surface area contributed by atoms with E-state index < -0.39 is 27.6 Å². The van der Waals surface area contributed by atoms with Crippen molar-refractivity contribution in [2.45, 2.75) is 6.36 Å². The van der Waals surface area contributed by atoms with E-state index in [2.05, 4.69) is 9.72 Å². The number of nitrogens with zero attached hydrogens (tertiary/aromatic N) is 1. The Morgan fingerprint density at radius 1 is 1.29 bits per heavy atom. The molecular formula is C6HF5INO. The van der Waals surface area contributed by atoms with Gasteiger partial charge in [-0.2, -0.15) is 9.37 Å². The van der Waals surface area contributed by atoms with E-state index in [4.69, 9.17) is 0 Å². The smallest absolute Gasteiger partial charge is 0.388 e. The first-order valence-electron chi connectivity index (χ1n) is 3.07. The van der Waals surface area contributed by atoms with Crippen LogP contribution in [-0.4, -0.2) is 11.3 Å². The Bertz CT molecular complexity index is 330. The molecule has 0 bridgehead atoms. The average Bonchev–Trinajstić information content (AvgIpc) is 1.96. The Labute approximate surface area is 88.2 Å². The first kappa shape index (κ1) is 11.4. The summed E-state index contributed by atoms with van der Waals surface area (Å²) in [6, 6.07) is 0.359. The average molecular weight is 325 g/mol. The van der Waals surface area contributed by atoms with Crippen LogP contribution in [-0.2, 0) is 0 Å². The molecule has 0 aliphatic carbocycles. The summed E-state index contributed by atoms with van der Waals surface area (Å²) >= 11 is 1.27. The highest BCUT2D eigenvalue weighted by Gasteiger charge is 2.32. The highest BCUT2D eigenvalue weighted by Crippen LogP contribution is 2.24. The van der Waals surface area contributed by atoms with Gasteiger partial charge in [0.1, 0.15) is 9.39 Å². The Morgan fingerprint density at radius 3 is 2.29 bits per heavy atom. The molecule has 1 aromatic heterocycles. The first-order chi connectivity index (χ1) is 6.29. The fraction of sp³-hybridized carbons (Fsp3) is 0.167. The summed E-state index contributed by atoms with van der Waals surface area (Å²) in [6.45, 7) is 0. The molecule has 0 aliphatic rings. The monoisotopic (exact) mass is 325 g/mol. The maximum atomic E-state index is 12.7. The van der Waals surface area contributed by atoms with Gasteiger partial charge in [0, 0.05) is 6.07 Å². The third-order valence-electron chi connectivity index (χ3n) is 1.07. The molecule has 78 valence electrons. The largest absolute Gasteiger partial charge is 0.574 e. The molecule has 0 unspecified atom stereocenters. The van der Waals surface area contributed by atoms with Crippen LogP contribution in [0, 0.1) is 15.3 Å². The van der Waals surface area contributed by atoms with Crippen LogP contribution in [0.2, 0.25) is 0 Å². The van der Waals surface area contributed by atoms with Crippen LogP contribution in [0.15, 0.2) is 6.07 Å². The number of alkyl halides is 3. The van der Waals surface area contributed by atoms with E-state index in [1.54, 1.807) is 0 Å². The van der Waals surface area contributed by atoms with Crippen molar-refractivity contribution in [3.05, 3.63) is 21.4 Å². The molecule has 0 aromatic carbocycles. The van der Waals surface area contributed by atoms with Gasteiger partial charge in [-0.15, -0.1) is 13.2 Å². The van der Waals surface area contributed by atoms with Gasteiger partial charge >= 0.3 is 6.36 Å². The Balaban J connectivity index is 3.02. The number of rotatable bonds is 1. The Morgan fingerprint density at radius 2 is 1.86 bits per heavy atom. The number of hydrogen-bond donors (Lipinski definition) is 0. The fourth-order valence-corrected chi connectivity index (χ4v) is 0.896. The van der Waals surface area contributed by atoms with Gasteiger partial charge < -0.3 is 4.74 Å². The quantitative estimate of drug-likeness (QED) is 0.450. The lowest BCUT2D eigenvalue weighted by Gasteiger charge is -2.07. The summed E-state index contributed by atoms with van der Waals surface area (Å²) in [7, 11) is 0. The highest BCUT2D eigenvalue weighted by atomic mass is 127. The van der Waals surface area contributed by atoms with Crippen LogP contribution in [0.3, 0.4) is 0 Å². The lowest BCUT2D eigenvalue weighted by Crippen LogP contribution is -2.18. The minimum Gasteiger partial charge on any atom is -0.388 e. The molecule has 0 radical (unpaired) electrons. The molecule has 0 saturated carbocycles. The number of halogens is 6. The maximum absolute atomic E-state index is 12.7. The molecule has 1 aromatic rings. The number of ether oxygens (including phenoxy) is 1. The van der Waals surface area contributed by atoms with Crippen LogP contribution in [0.25, 0.3) is 0 Å². The molecule has 0 aliphatic heterocycles. The lowest BCUT2D eigenvalue weighted by atomic mass is 10.4. The minimum absolute atomic E-state index is 0.359. The third-order valence-corrected chi connectivity index (χ3v) is 2.03. The van der Waals surface area contributed by atoms with Crippen molar-refractivity contribution in [2.75, 3.05) is 0 Å². The summed E-state index contributed by atoms with van der Waals surface area (Å²) in [5.74, 6) is -3.66. The van der Waals surface area contributed by atoms with Gasteiger partial charge in [-0.05, 0) is 22.6 Å². The predicted octanol–water partition coefficient (Wildman–Crippen LogP) is 2.86. The van der Waals surface area contributed by atoms with E-state index in [1.807, 2.05) is 0 Å². The predicted molar refractivity (Wildman–Crippen MR) is 43.6 cm³/mol. The van der Waals surface area contributed by atoms with Gasteiger partial charge in [-0.1, -0.05) is 0 Å². The number of aromatic nitrogens is 1. The van der Waals surface area contributed by atoms with Crippen LogP contribution in [0.4, 0.5) is 22.0 Å². The summed E-state index contributed by atoms with van der Waals surface area (Å²) in [4.78, 5) is 2.76. The van der Waals surface area contributed by atoms with Crippen molar-refractivity contribution in [1.82, 2.24) is 4.98 Å². The molecule has 0 atom stereocenters. The molecule has 14 heavy (non-hydrogen) atoms. The number of hydrogen-bond acceptors (Lipinski definition) is 2. The topological polar surface area (TPSA) is 22.1 Å². The summed E-state index contributed by atoms with van der Waals surface area (Å²) in [6.07, 6.45) is -5.02. The number of pyridine rings is 1. The molecule has 2 nitrogen and oxygen atoms in total. The van der Waals surface area contributed by atoms with Gasteiger partial charge in [0.25, 0.3) is 0 Å². The highest BCUT2D eigenvalue weighted by molar-refractivity contribution is 14.1. The SMILES string of the molecule is Fc1cc(OC(F)(F)F)nc(F)c1I. The molecule has 0 saturated heterocycles. The van der Waals surface area contributed by atoms with Crippen LogP contribution < -0.4 is 4.74 Å². The van der Waals surface area contributed by atoms with Crippen molar-refractivity contribution in [2.24, 2.45) is 0 Å². The van der Waals surface area contributed by atoms with Gasteiger partial charge in [0.05, 0.1) is 0 Å². The van der Waals surface area contributed by atoms with Crippen molar-refractivity contribution in [3.8, 4) is 5.88 Å². The van der Waals surface area contributed by atoms with Gasteiger partial charge in [-0.3, -0.25) is 0 Å². The first-order valence-corrected chi connectivity index (χ1v) is 4.15. The van der Waals surface area contributed by atoms with E-state index >= 15 is 0 Å². The zero-order chi connectivity index (χ0) is 10.9. The normalized spacial score (nSPS) is 11.6. The molecule has 0 fully saturated rings. The van der Waals surface area contributed by atoms with E-state index in [-0.39, 0.29) is 0 Å². The molecule has 8 heteroatoms. The summed E-state index contributed by atoms with van der Waals surface area (Å²) in [5, 5.41) is 0. The second-order valence-electron chi connectivity index (χ2n) is 2.09. The van der Waals surface area contributed by atoms with Crippen LogP contribution in [0.5, 0.6) is 5.88 Å². The van der Waals surface area contributed by atoms with Gasteiger partial charge in [-0.25, -0.2) is 4.39 Å². The van der Waals surface area contributed by atoms with Gasteiger partial charge in [0.2, 0.25) is 11.8 Å². The van der Waals surface area contributed by atoms with Crippen LogP contribution in [0.1, 0.15) is 0 Å². The molecule has 1 rings (SSSR count). The Hall–Kier alpha value is -0.670. The van der Waals surface area contributed by atoms with E-state index in [9.17, 15) is 22.0 Å². The van der Waals surface area contributed by atoms with Crippen molar-refractivity contribution >= 4 is 22.6 Å². The maximum Gasteiger partial charge on any atom is 0.574 e. The zero-order valence-electron chi connectivity index (χ0n) is 6.20. The molecule has 1 heterocycles. The summed E-state index contributed by atoms with van der Waals surface area (Å²) in [5.41, 5.74) is 0. The fourth-order valence-electron chi connectivity index (χ4n) is 0.619. The van der Waals surface area contributed by atoms with E-state index in [0.717, 1.165) is 0 Å².